The van der Waals surface area contributed by atoms with Crippen molar-refractivity contribution in [3.63, 3.8) is 0 Å². The van der Waals surface area contributed by atoms with Crippen molar-refractivity contribution >= 4 is 10.8 Å². The Morgan fingerprint density at radius 3 is 0.766 bits per heavy atom. The molecule has 0 aromatic heterocycles. The van der Waals surface area contributed by atoms with E-state index in [2.05, 4.69) is 500 Å². The molecule has 0 saturated heterocycles. The van der Waals surface area contributed by atoms with Gasteiger partial charge in [0.25, 0.3) is 0 Å². The summed E-state index contributed by atoms with van der Waals surface area (Å²) in [6, 6.07) is 66.9. The first-order valence-corrected chi connectivity index (χ1v) is 48.3. The Morgan fingerprint density at radius 2 is 0.547 bits per heavy atom. The third kappa shape index (κ3) is 60.8. The lowest BCUT2D eigenvalue weighted by Gasteiger charge is -2.37. The summed E-state index contributed by atoms with van der Waals surface area (Å²) in [5.41, 5.74) is 14.8. The van der Waals surface area contributed by atoms with Crippen molar-refractivity contribution in [2.24, 2.45) is 101 Å². The van der Waals surface area contributed by atoms with Crippen molar-refractivity contribution < 1.29 is 0 Å². The second-order valence-corrected chi connectivity index (χ2v) is 49.7. The predicted molar refractivity (Wildman–Crippen MR) is 604 cm³/mol. The molecule has 7 aromatic rings. The highest BCUT2D eigenvalue weighted by molar-refractivity contribution is 5.83. The van der Waals surface area contributed by atoms with Crippen LogP contribution in [0.25, 0.3) is 10.8 Å². The molecule has 0 spiro atoms. The van der Waals surface area contributed by atoms with Gasteiger partial charge >= 0.3 is 0 Å². The van der Waals surface area contributed by atoms with E-state index in [-0.39, 0.29) is 59.4 Å². The molecular weight excluding hydrogens is 1540 g/mol. The van der Waals surface area contributed by atoms with E-state index in [1.165, 1.54) is 120 Å². The fourth-order valence-electron chi connectivity index (χ4n) is 14.4. The quantitative estimate of drug-likeness (QED) is 0.135. The normalized spacial score (nSPS) is 15.3. The van der Waals surface area contributed by atoms with Gasteiger partial charge in [-0.25, -0.2) is 0 Å². The Kier molecular flexibility index (Phi) is 70.2. The van der Waals surface area contributed by atoms with E-state index in [4.69, 9.17) is 0 Å². The summed E-state index contributed by atoms with van der Waals surface area (Å²) < 4.78 is 0. The molecule has 0 nitrogen and oxygen atoms in total. The molecule has 0 bridgehead atoms. The van der Waals surface area contributed by atoms with E-state index in [1.807, 2.05) is 0 Å². The second kappa shape index (κ2) is 63.9. The van der Waals surface area contributed by atoms with Crippen LogP contribution in [0.15, 0.2) is 188 Å². The van der Waals surface area contributed by atoms with E-state index in [0.29, 0.717) is 89.2 Å². The maximum Gasteiger partial charge on any atom is -0.0141 e. The molecule has 0 aliphatic heterocycles. The van der Waals surface area contributed by atoms with Crippen LogP contribution in [0.3, 0.4) is 0 Å². The average molecular weight is 1770 g/mol. The van der Waals surface area contributed by atoms with Gasteiger partial charge in [-0.2, -0.15) is 0 Å². The maximum atomic E-state index is 2.44. The number of benzene rings is 7. The number of hydrogen-bond acceptors (Lipinski definition) is 0. The largest absolute Gasteiger partial charge is 0.0776 e. The molecule has 7 aromatic carbocycles. The van der Waals surface area contributed by atoms with E-state index in [9.17, 15) is 0 Å². The molecule has 3 aliphatic rings. The minimum Gasteiger partial charge on any atom is -0.0776 e. The highest BCUT2D eigenvalue weighted by atomic mass is 14.4. The average Bonchev–Trinajstić information content (AvgIpc) is 1.04. The molecule has 128 heavy (non-hydrogen) atoms. The van der Waals surface area contributed by atoms with Crippen LogP contribution in [-0.2, 0) is 6.42 Å². The zero-order valence-electron chi connectivity index (χ0n) is 88.3. The van der Waals surface area contributed by atoms with E-state index >= 15 is 0 Å². The monoisotopic (exact) mass is 1770 g/mol. The minimum absolute atomic E-state index is 0. The molecule has 10 rings (SSSR count). The second-order valence-electron chi connectivity index (χ2n) is 49.7. The fourth-order valence-corrected chi connectivity index (χ4v) is 14.4. The summed E-state index contributed by atoms with van der Waals surface area (Å²) in [5.74, 6) is 9.54. The van der Waals surface area contributed by atoms with Crippen molar-refractivity contribution in [2.45, 2.75) is 478 Å². The van der Waals surface area contributed by atoms with Crippen LogP contribution >= 0.6 is 0 Å². The van der Waals surface area contributed by atoms with Gasteiger partial charge in [-0.05, 0) is 214 Å². The van der Waals surface area contributed by atoms with E-state index < -0.39 is 0 Å². The SMILES string of the molecule is C.C.C.C.C.C.C.C.CC(C)(C)C1CC1.CC(C)(C)C1CCC1.CC(C)(C)Cc1ccccc1.CC(C)C(C)C(C)(C)C.CC(C1CCCCC1)C(C)(C)C.CC(c1ccc2ccccc2c1)C(C)(C)C.CC(c1ccccc1)C(C)(C)C.CC(c1ccccc1)C(C)(C)C.CC(c1ccccc1)C(C)(C)C.CCC(C)C(C)(C)C.Cc1ccc(C(C)C(C)(C)C)cc1. The smallest absolute Gasteiger partial charge is 0.0141 e. The molecule has 0 N–H and O–H groups in total. The van der Waals surface area contributed by atoms with Crippen LogP contribution < -0.4 is 0 Å². The lowest BCUT2D eigenvalue weighted by atomic mass is 9.69. The van der Waals surface area contributed by atoms with Crippen molar-refractivity contribution in [3.8, 4) is 0 Å². The summed E-state index contributed by atoms with van der Waals surface area (Å²) in [7, 11) is 0. The highest BCUT2D eigenvalue weighted by Gasteiger charge is 2.34. The van der Waals surface area contributed by atoms with Gasteiger partial charge in [-0.3, -0.25) is 0 Å². The lowest BCUT2D eigenvalue weighted by Crippen LogP contribution is -2.27. The molecule has 8 unspecified atom stereocenters. The molecule has 3 fully saturated rings. The Labute approximate surface area is 811 Å². The molecule has 0 amide bonds. The summed E-state index contributed by atoms with van der Waals surface area (Å²) in [6.07, 6.45) is 17.2. The molecule has 0 radical (unpaired) electrons. The third-order valence-corrected chi connectivity index (χ3v) is 28.1. The maximum absolute atomic E-state index is 2.44. The predicted octanol–water partition coefficient (Wildman–Crippen LogP) is 44.9. The fraction of sp³-hybridized carbons (Fsp3) is 0.688. The molecular formula is C128H234. The van der Waals surface area contributed by atoms with Crippen molar-refractivity contribution in [1.82, 2.24) is 0 Å². The number of aryl methyl sites for hydroxylation is 1. The van der Waals surface area contributed by atoms with Crippen LogP contribution in [0.4, 0.5) is 0 Å². The Balaban J connectivity index is -0.000000174. The number of fused-ring (bicyclic) bond motifs is 1. The van der Waals surface area contributed by atoms with Crippen LogP contribution in [0, 0.1) is 108 Å². The first-order valence-electron chi connectivity index (χ1n) is 48.3. The third-order valence-electron chi connectivity index (χ3n) is 28.1. The van der Waals surface area contributed by atoms with Gasteiger partial charge in [0.15, 0.2) is 0 Å². The van der Waals surface area contributed by atoms with Crippen molar-refractivity contribution in [1.29, 1.82) is 0 Å². The Hall–Kier alpha value is -5.20. The molecule has 746 valence electrons. The van der Waals surface area contributed by atoms with Gasteiger partial charge in [0.2, 0.25) is 0 Å². The lowest BCUT2D eigenvalue weighted by molar-refractivity contribution is 0.141. The zero-order chi connectivity index (χ0) is 93.0. The van der Waals surface area contributed by atoms with E-state index in [0.717, 1.165) is 47.8 Å². The van der Waals surface area contributed by atoms with Crippen molar-refractivity contribution in [2.75, 3.05) is 0 Å². The number of rotatable bonds is 9. The van der Waals surface area contributed by atoms with Gasteiger partial charge in [-0.1, -0.05) is 603 Å². The first kappa shape index (κ1) is 141. The van der Waals surface area contributed by atoms with Gasteiger partial charge in [0, 0.05) is 0 Å². The summed E-state index contributed by atoms with van der Waals surface area (Å²) >= 11 is 0. The van der Waals surface area contributed by atoms with E-state index in [1.54, 1.807) is 0 Å². The van der Waals surface area contributed by atoms with Crippen molar-refractivity contribution in [3.05, 3.63) is 227 Å². The summed E-state index contributed by atoms with van der Waals surface area (Å²) in [4.78, 5) is 0. The van der Waals surface area contributed by atoms with Gasteiger partial charge in [-0.15, -0.1) is 0 Å². The van der Waals surface area contributed by atoms with Gasteiger partial charge in [0.1, 0.15) is 0 Å². The topological polar surface area (TPSA) is 0 Å². The molecule has 3 aliphatic carbocycles. The molecule has 8 atom stereocenters. The molecule has 0 heteroatoms. The molecule has 3 saturated carbocycles. The van der Waals surface area contributed by atoms with Crippen LogP contribution in [0.5, 0.6) is 0 Å². The Morgan fingerprint density at radius 1 is 0.266 bits per heavy atom. The first-order chi connectivity index (χ1) is 54.6. The van der Waals surface area contributed by atoms with Crippen LogP contribution in [0.2, 0.25) is 0 Å². The molecule has 0 heterocycles. The van der Waals surface area contributed by atoms with Crippen LogP contribution in [-0.4, -0.2) is 0 Å². The summed E-state index contributed by atoms with van der Waals surface area (Å²) in [6.45, 7) is 104. The number of hydrogen-bond donors (Lipinski definition) is 0. The summed E-state index contributed by atoms with van der Waals surface area (Å²) in [5, 5.41) is 2.67. The minimum atomic E-state index is 0. The standard InChI is InChI=1S/C16H20.C13H20.C12H24.3C12H18.C11H16.C9H20.C8H16.C8H18.C7H14.8CH4/c1-12(16(2,3)4)14-10-9-13-7-5-6-8-15(13)11-14;1-10-6-8-12(9-7-10)11(2)13(3,4)5;4*1-10(12(2,3)4)11-8-6-5-7-9-11;1-11(2,3)9-10-7-5-4-6-8-10;1-7(2)8(3)9(4,5)6;1-8(2,3)7-5-4-6-7;1-6-7(2)8(3,4)5;1-7(2,3)6-4-5-6;;;;;;;;/h5-12H,1-4H3;6-9,11H,1-5H3;10-11H,5-9H2,1-4H3;3*5-10H,1-4H3;4-8H,9H2,1-3H3;7-8H,1-6H3;7H,4-6H2,1-3H3;7H,6H2,1-5H3;6H,4-5H2,1-3H3;8*1H4. The zero-order valence-corrected chi connectivity index (χ0v) is 88.3. The van der Waals surface area contributed by atoms with Gasteiger partial charge in [0.05, 0.1) is 0 Å². The van der Waals surface area contributed by atoms with Crippen LogP contribution in [0.1, 0.15) is 503 Å². The van der Waals surface area contributed by atoms with Gasteiger partial charge < -0.3 is 0 Å². The Bertz CT molecular complexity index is 3520. The highest BCUT2D eigenvalue weighted by Crippen LogP contribution is 2.46.